The van der Waals surface area contributed by atoms with Crippen LogP contribution in [-0.4, -0.2) is 0 Å². The van der Waals surface area contributed by atoms with E-state index in [4.69, 9.17) is 0 Å². The van der Waals surface area contributed by atoms with Gasteiger partial charge >= 0.3 is 0 Å². The van der Waals surface area contributed by atoms with Crippen molar-refractivity contribution in [2.24, 2.45) is 12.5 Å². The lowest BCUT2D eigenvalue weighted by molar-refractivity contribution is -0.659. The van der Waals surface area contributed by atoms with Gasteiger partial charge in [0.15, 0.2) is 6.20 Å². The zero-order valence-electron chi connectivity index (χ0n) is 15.8. The van der Waals surface area contributed by atoms with E-state index in [1.54, 1.807) is 0 Å². The van der Waals surface area contributed by atoms with Gasteiger partial charge in [-0.25, -0.2) is 4.57 Å². The van der Waals surface area contributed by atoms with Gasteiger partial charge in [0.25, 0.3) is 0 Å². The number of aromatic nitrogens is 1. The molecule has 1 nitrogen and oxygen atoms in total. The average Bonchev–Trinajstić information content (AvgIpc) is 2.48. The molecule has 3 aromatic rings. The van der Waals surface area contributed by atoms with Gasteiger partial charge in [0, 0.05) is 11.6 Å². The first-order valence-corrected chi connectivity index (χ1v) is 8.73. The maximum atomic E-state index is 2.36. The monoisotopic (exact) mass is 318 g/mol. The van der Waals surface area contributed by atoms with E-state index in [-0.39, 0.29) is 0 Å². The Kier molecular flexibility index (Phi) is 4.21. The van der Waals surface area contributed by atoms with Crippen molar-refractivity contribution in [1.82, 2.24) is 0 Å². The van der Waals surface area contributed by atoms with Crippen LogP contribution in [0.2, 0.25) is 0 Å². The van der Waals surface area contributed by atoms with Crippen LogP contribution in [-0.2, 0) is 13.5 Å². The molecule has 0 N–H and O–H groups in total. The highest BCUT2D eigenvalue weighted by Gasteiger charge is 2.18. The number of hydrogen-bond acceptors (Lipinski definition) is 0. The van der Waals surface area contributed by atoms with Gasteiger partial charge in [0.2, 0.25) is 5.69 Å². The fraction of sp³-hybridized carbons (Fsp3) is 0.348. The Morgan fingerprint density at radius 3 is 2.38 bits per heavy atom. The molecular weight excluding hydrogens is 290 g/mol. The molecule has 0 amide bonds. The third-order valence-electron chi connectivity index (χ3n) is 4.58. The molecule has 3 rings (SSSR count). The van der Waals surface area contributed by atoms with E-state index >= 15 is 0 Å². The summed E-state index contributed by atoms with van der Waals surface area (Å²) in [4.78, 5) is 0. The standard InChI is InChI=1S/C23H28N/c1-16-7-8-17(2)21(13-16)22-20-10-9-18(15-23(3,4)5)14-19(20)11-12-24(22)6/h7-14H,15H2,1-6H3/q+1. The van der Waals surface area contributed by atoms with Gasteiger partial charge in [0.1, 0.15) is 7.05 Å². The Bertz CT molecular complexity index is 898. The number of aryl methyl sites for hydroxylation is 3. The minimum absolute atomic E-state index is 0.309. The van der Waals surface area contributed by atoms with Crippen molar-refractivity contribution < 1.29 is 4.57 Å². The van der Waals surface area contributed by atoms with Crippen LogP contribution in [0.1, 0.15) is 37.5 Å². The highest BCUT2D eigenvalue weighted by molar-refractivity contribution is 5.94. The van der Waals surface area contributed by atoms with Crippen molar-refractivity contribution in [3.05, 3.63) is 65.4 Å². The summed E-state index contributed by atoms with van der Waals surface area (Å²) in [5, 5.41) is 2.65. The molecule has 0 radical (unpaired) electrons. The summed E-state index contributed by atoms with van der Waals surface area (Å²) < 4.78 is 2.24. The number of fused-ring (bicyclic) bond motifs is 1. The molecule has 1 heterocycles. The second-order valence-electron chi connectivity index (χ2n) is 8.25. The molecule has 0 aliphatic rings. The lowest BCUT2D eigenvalue weighted by atomic mass is 9.87. The van der Waals surface area contributed by atoms with Gasteiger partial charge < -0.3 is 0 Å². The Labute approximate surface area is 146 Å². The van der Waals surface area contributed by atoms with Crippen molar-refractivity contribution in [3.63, 3.8) is 0 Å². The van der Waals surface area contributed by atoms with E-state index in [0.717, 1.165) is 6.42 Å². The van der Waals surface area contributed by atoms with E-state index in [2.05, 4.69) is 94.9 Å². The summed E-state index contributed by atoms with van der Waals surface area (Å²) in [6.45, 7) is 11.2. The lowest BCUT2D eigenvalue weighted by Crippen LogP contribution is -2.30. The van der Waals surface area contributed by atoms with Crippen LogP contribution < -0.4 is 4.57 Å². The first kappa shape index (κ1) is 16.7. The highest BCUT2D eigenvalue weighted by atomic mass is 14.9. The largest absolute Gasteiger partial charge is 0.220 e. The van der Waals surface area contributed by atoms with Crippen molar-refractivity contribution in [2.75, 3.05) is 0 Å². The lowest BCUT2D eigenvalue weighted by Gasteiger charge is -2.18. The van der Waals surface area contributed by atoms with Gasteiger partial charge in [0.05, 0.1) is 5.39 Å². The summed E-state index contributed by atoms with van der Waals surface area (Å²) >= 11 is 0. The summed E-state index contributed by atoms with van der Waals surface area (Å²) in [5.74, 6) is 0. The number of benzene rings is 2. The molecule has 0 bridgehead atoms. The van der Waals surface area contributed by atoms with Crippen LogP contribution >= 0.6 is 0 Å². The topological polar surface area (TPSA) is 3.88 Å². The van der Waals surface area contributed by atoms with E-state index in [1.165, 1.54) is 38.7 Å². The first-order chi connectivity index (χ1) is 11.2. The van der Waals surface area contributed by atoms with Crippen LogP contribution in [0, 0.1) is 19.3 Å². The Morgan fingerprint density at radius 2 is 1.67 bits per heavy atom. The van der Waals surface area contributed by atoms with Crippen LogP contribution in [0.25, 0.3) is 22.0 Å². The zero-order valence-corrected chi connectivity index (χ0v) is 15.8. The molecule has 0 saturated heterocycles. The molecule has 2 aromatic carbocycles. The molecule has 24 heavy (non-hydrogen) atoms. The first-order valence-electron chi connectivity index (χ1n) is 8.73. The maximum Gasteiger partial charge on any atom is 0.220 e. The molecule has 0 atom stereocenters. The number of hydrogen-bond donors (Lipinski definition) is 0. The minimum atomic E-state index is 0.309. The SMILES string of the molecule is Cc1ccc(C)c(-c2c3ccc(CC(C)(C)C)cc3cc[n+]2C)c1. The zero-order chi connectivity index (χ0) is 17.5. The second kappa shape index (κ2) is 6.05. The molecule has 1 heteroatoms. The van der Waals surface area contributed by atoms with E-state index < -0.39 is 0 Å². The van der Waals surface area contributed by atoms with Crippen molar-refractivity contribution in [3.8, 4) is 11.3 Å². The predicted molar refractivity (Wildman–Crippen MR) is 103 cm³/mol. The summed E-state index contributed by atoms with van der Waals surface area (Å²) in [6.07, 6.45) is 3.28. The molecule has 0 fully saturated rings. The van der Waals surface area contributed by atoms with Crippen LogP contribution in [0.5, 0.6) is 0 Å². The fourth-order valence-corrected chi connectivity index (χ4v) is 3.47. The summed E-state index contributed by atoms with van der Waals surface area (Å²) in [6, 6.07) is 15.9. The number of rotatable bonds is 2. The summed E-state index contributed by atoms with van der Waals surface area (Å²) in [5.41, 5.74) is 6.97. The third kappa shape index (κ3) is 3.36. The van der Waals surface area contributed by atoms with Crippen molar-refractivity contribution in [2.45, 2.75) is 41.0 Å². The molecule has 0 aliphatic heterocycles. The molecule has 0 aliphatic carbocycles. The summed E-state index contributed by atoms with van der Waals surface area (Å²) in [7, 11) is 2.14. The maximum absolute atomic E-state index is 2.36. The Morgan fingerprint density at radius 1 is 0.917 bits per heavy atom. The van der Waals surface area contributed by atoms with Crippen molar-refractivity contribution in [1.29, 1.82) is 0 Å². The van der Waals surface area contributed by atoms with Crippen LogP contribution in [0.15, 0.2) is 48.7 Å². The minimum Gasteiger partial charge on any atom is -0.200 e. The van der Waals surface area contributed by atoms with E-state index in [1.807, 2.05) is 0 Å². The van der Waals surface area contributed by atoms with Gasteiger partial charge in [-0.05, 0) is 54.3 Å². The van der Waals surface area contributed by atoms with Crippen LogP contribution in [0.4, 0.5) is 0 Å². The molecule has 1 aromatic heterocycles. The molecule has 124 valence electrons. The molecular formula is C23H28N+. The van der Waals surface area contributed by atoms with Gasteiger partial charge in [-0.15, -0.1) is 0 Å². The number of pyridine rings is 1. The molecule has 0 saturated carbocycles. The normalized spacial score (nSPS) is 11.9. The fourth-order valence-electron chi connectivity index (χ4n) is 3.47. The predicted octanol–water partition coefficient (Wildman–Crippen LogP) is 5.54. The Hall–Kier alpha value is -2.15. The van der Waals surface area contributed by atoms with Crippen molar-refractivity contribution >= 4 is 10.8 Å². The molecule has 0 unspecified atom stereocenters. The second-order valence-corrected chi connectivity index (χ2v) is 8.25. The third-order valence-corrected chi connectivity index (χ3v) is 4.58. The Balaban J connectivity index is 2.21. The smallest absolute Gasteiger partial charge is 0.200 e. The highest BCUT2D eigenvalue weighted by Crippen LogP contribution is 2.30. The average molecular weight is 318 g/mol. The quantitative estimate of drug-likeness (QED) is 0.546. The van der Waals surface area contributed by atoms with Gasteiger partial charge in [-0.2, -0.15) is 0 Å². The van der Waals surface area contributed by atoms with E-state index in [0.29, 0.717) is 5.41 Å². The van der Waals surface area contributed by atoms with Crippen LogP contribution in [0.3, 0.4) is 0 Å². The number of nitrogens with zero attached hydrogens (tertiary/aromatic N) is 1. The molecule has 0 spiro atoms. The van der Waals surface area contributed by atoms with Gasteiger partial charge in [-0.1, -0.05) is 50.6 Å². The van der Waals surface area contributed by atoms with E-state index in [9.17, 15) is 0 Å². The van der Waals surface area contributed by atoms with Gasteiger partial charge in [-0.3, -0.25) is 0 Å².